The molecule has 1 N–H and O–H groups in total. The molecule has 0 fully saturated rings. The number of hydrogen-bond donors (Lipinski definition) is 1. The molecule has 0 radical (unpaired) electrons. The molecule has 0 bridgehead atoms. The Balaban J connectivity index is 0.00000137. The van der Waals surface area contributed by atoms with Crippen LogP contribution in [0.4, 0.5) is 14.5 Å². The molecule has 0 heterocycles. The van der Waals surface area contributed by atoms with Gasteiger partial charge in [-0.1, -0.05) is 20.8 Å². The number of anilines is 1. The van der Waals surface area contributed by atoms with Gasteiger partial charge in [-0.3, -0.25) is 4.72 Å². The van der Waals surface area contributed by atoms with E-state index in [4.69, 9.17) is 0 Å². The third kappa shape index (κ3) is 4.60. The lowest BCUT2D eigenvalue weighted by Crippen LogP contribution is -2.17. The minimum Gasteiger partial charge on any atom is -0.281 e. The summed E-state index contributed by atoms with van der Waals surface area (Å²) in [5, 5.41) is 0. The molecule has 0 atom stereocenters. The summed E-state index contributed by atoms with van der Waals surface area (Å²) in [5.41, 5.74) is -0.413. The first-order valence-electron chi connectivity index (χ1n) is 5.82. The van der Waals surface area contributed by atoms with Crippen LogP contribution in [0.15, 0.2) is 12.1 Å². The Morgan fingerprint density at radius 1 is 1.22 bits per heavy atom. The van der Waals surface area contributed by atoms with E-state index < -0.39 is 21.7 Å². The highest BCUT2D eigenvalue weighted by molar-refractivity contribution is 7.92. The summed E-state index contributed by atoms with van der Waals surface area (Å²) in [4.78, 5) is 0. The first-order chi connectivity index (χ1) is 8.37. The van der Waals surface area contributed by atoms with Gasteiger partial charge in [0.1, 0.15) is 5.82 Å². The van der Waals surface area contributed by atoms with Crippen LogP contribution in [0.2, 0.25) is 0 Å². The minimum absolute atomic E-state index is 0.0944. The highest BCUT2D eigenvalue weighted by Crippen LogP contribution is 2.21. The fourth-order valence-electron chi connectivity index (χ4n) is 1.23. The Labute approximate surface area is 107 Å². The Morgan fingerprint density at radius 2 is 1.78 bits per heavy atom. The molecule has 18 heavy (non-hydrogen) atoms. The van der Waals surface area contributed by atoms with Crippen molar-refractivity contribution in [3.8, 4) is 0 Å². The highest BCUT2D eigenvalue weighted by atomic mass is 32.2. The molecular formula is C12H19F2NO2S. The van der Waals surface area contributed by atoms with E-state index in [0.717, 1.165) is 12.1 Å². The minimum atomic E-state index is -3.55. The largest absolute Gasteiger partial charge is 0.281 e. The molecule has 0 aliphatic carbocycles. The van der Waals surface area contributed by atoms with E-state index in [-0.39, 0.29) is 17.0 Å². The van der Waals surface area contributed by atoms with Gasteiger partial charge in [0.05, 0.1) is 11.4 Å². The van der Waals surface area contributed by atoms with Crippen LogP contribution < -0.4 is 4.72 Å². The summed E-state index contributed by atoms with van der Waals surface area (Å²) in [5.74, 6) is -1.67. The zero-order chi connectivity index (χ0) is 14.3. The topological polar surface area (TPSA) is 46.2 Å². The predicted molar refractivity (Wildman–Crippen MR) is 70.1 cm³/mol. The zero-order valence-corrected chi connectivity index (χ0v) is 11.9. The molecule has 0 saturated carbocycles. The maximum Gasteiger partial charge on any atom is 0.232 e. The van der Waals surface area contributed by atoms with Crippen molar-refractivity contribution in [2.24, 2.45) is 0 Å². The van der Waals surface area contributed by atoms with Gasteiger partial charge in [0, 0.05) is 5.56 Å². The second kappa shape index (κ2) is 7.31. The van der Waals surface area contributed by atoms with Gasteiger partial charge in [-0.2, -0.15) is 0 Å². The van der Waals surface area contributed by atoms with Crippen molar-refractivity contribution in [2.45, 2.75) is 34.1 Å². The van der Waals surface area contributed by atoms with Crippen molar-refractivity contribution < 1.29 is 17.2 Å². The number of rotatable bonds is 4. The number of nitrogens with one attached hydrogen (secondary N) is 1. The van der Waals surface area contributed by atoms with Crippen LogP contribution in [-0.4, -0.2) is 14.2 Å². The lowest BCUT2D eigenvalue weighted by atomic mass is 10.2. The molecule has 0 spiro atoms. The van der Waals surface area contributed by atoms with E-state index in [1.54, 1.807) is 6.92 Å². The molecule has 1 aromatic carbocycles. The summed E-state index contributed by atoms with van der Waals surface area (Å²) < 4.78 is 51.2. The van der Waals surface area contributed by atoms with Crippen molar-refractivity contribution in [2.75, 3.05) is 10.5 Å². The van der Waals surface area contributed by atoms with Crippen LogP contribution in [0.3, 0.4) is 0 Å². The van der Waals surface area contributed by atoms with Gasteiger partial charge in [-0.25, -0.2) is 17.2 Å². The van der Waals surface area contributed by atoms with Crippen molar-refractivity contribution in [3.63, 3.8) is 0 Å². The maximum absolute atomic E-state index is 13.5. The summed E-state index contributed by atoms with van der Waals surface area (Å²) >= 11 is 0. The lowest BCUT2D eigenvalue weighted by Gasteiger charge is -2.09. The molecule has 0 unspecified atom stereocenters. The second-order valence-electron chi connectivity index (χ2n) is 3.45. The fraction of sp³-hybridized carbons (Fsp3) is 0.500. The molecule has 0 saturated heterocycles. The Kier molecular flexibility index (Phi) is 6.83. The molecule has 104 valence electrons. The van der Waals surface area contributed by atoms with Gasteiger partial charge < -0.3 is 0 Å². The molecule has 6 heteroatoms. The Bertz CT molecular complexity index is 487. The molecule has 1 rings (SSSR count). The van der Waals surface area contributed by atoms with E-state index in [1.165, 1.54) is 6.92 Å². The van der Waals surface area contributed by atoms with Crippen molar-refractivity contribution in [1.29, 1.82) is 0 Å². The second-order valence-corrected chi connectivity index (χ2v) is 5.30. The summed E-state index contributed by atoms with van der Waals surface area (Å²) in [6, 6.07) is 2.10. The third-order valence-corrected chi connectivity index (χ3v) is 3.54. The van der Waals surface area contributed by atoms with E-state index in [1.807, 2.05) is 13.8 Å². The van der Waals surface area contributed by atoms with E-state index in [9.17, 15) is 17.2 Å². The number of sulfonamides is 1. The molecule has 0 aliphatic rings. The summed E-state index contributed by atoms with van der Waals surface area (Å²) in [6.07, 6.45) is 0.428. The number of hydrogen-bond acceptors (Lipinski definition) is 2. The third-order valence-electron chi connectivity index (χ3n) is 2.06. The van der Waals surface area contributed by atoms with Crippen molar-refractivity contribution in [3.05, 3.63) is 29.3 Å². The summed E-state index contributed by atoms with van der Waals surface area (Å²) in [7, 11) is -3.55. The molecule has 0 aromatic heterocycles. The van der Waals surface area contributed by atoms with Gasteiger partial charge in [-0.05, 0) is 25.5 Å². The van der Waals surface area contributed by atoms with Gasteiger partial charge in [0.15, 0.2) is 5.82 Å². The van der Waals surface area contributed by atoms with Gasteiger partial charge >= 0.3 is 0 Å². The predicted octanol–water partition coefficient (Wildman–Crippen LogP) is 3.45. The lowest BCUT2D eigenvalue weighted by molar-refractivity contribution is 0.569. The highest BCUT2D eigenvalue weighted by Gasteiger charge is 2.15. The molecule has 0 amide bonds. The average Bonchev–Trinajstić information content (AvgIpc) is 2.32. The number of benzene rings is 1. The Hall–Kier alpha value is -1.17. The van der Waals surface area contributed by atoms with Crippen LogP contribution >= 0.6 is 0 Å². The first kappa shape index (κ1) is 16.8. The molecule has 1 aromatic rings. The van der Waals surface area contributed by atoms with Gasteiger partial charge in [0.25, 0.3) is 0 Å². The van der Waals surface area contributed by atoms with Crippen LogP contribution in [0.5, 0.6) is 0 Å². The maximum atomic E-state index is 13.5. The van der Waals surface area contributed by atoms with Crippen LogP contribution in [0, 0.1) is 18.6 Å². The van der Waals surface area contributed by atoms with E-state index in [0.29, 0.717) is 6.42 Å². The SMILES string of the molecule is CC.CCCS(=O)(=O)Nc1ccc(F)c(C)c1F. The van der Waals surface area contributed by atoms with Crippen LogP contribution in [0.1, 0.15) is 32.8 Å². The van der Waals surface area contributed by atoms with E-state index >= 15 is 0 Å². The first-order valence-corrected chi connectivity index (χ1v) is 7.47. The number of halogens is 2. The molecule has 3 nitrogen and oxygen atoms in total. The van der Waals surface area contributed by atoms with Gasteiger partial charge in [-0.15, -0.1) is 0 Å². The quantitative estimate of drug-likeness (QED) is 0.917. The smallest absolute Gasteiger partial charge is 0.232 e. The van der Waals surface area contributed by atoms with Crippen LogP contribution in [-0.2, 0) is 10.0 Å². The average molecular weight is 279 g/mol. The molecule has 0 aliphatic heterocycles. The monoisotopic (exact) mass is 279 g/mol. The summed E-state index contributed by atoms with van der Waals surface area (Å²) in [6.45, 7) is 6.95. The van der Waals surface area contributed by atoms with Crippen molar-refractivity contribution >= 4 is 15.7 Å². The molecular weight excluding hydrogens is 260 g/mol. The fourth-order valence-corrected chi connectivity index (χ4v) is 2.36. The van der Waals surface area contributed by atoms with Crippen LogP contribution in [0.25, 0.3) is 0 Å². The standard InChI is InChI=1S/C10H13F2NO2S.C2H6/c1-3-6-16(14,15)13-9-5-4-8(11)7(2)10(9)12;1-2/h4-5,13H,3,6H2,1-2H3;1-2H3. The van der Waals surface area contributed by atoms with Crippen molar-refractivity contribution in [1.82, 2.24) is 0 Å². The van der Waals surface area contributed by atoms with E-state index in [2.05, 4.69) is 4.72 Å². The zero-order valence-electron chi connectivity index (χ0n) is 11.0. The Morgan fingerprint density at radius 3 is 2.28 bits per heavy atom. The van der Waals surface area contributed by atoms with Gasteiger partial charge in [0.2, 0.25) is 10.0 Å². The normalized spacial score (nSPS) is 10.6.